The molecule has 8 nitrogen and oxygen atoms in total. The molecular formula is C24H23N3O5. The van der Waals surface area contributed by atoms with Gasteiger partial charge in [0.25, 0.3) is 17.4 Å². The van der Waals surface area contributed by atoms with E-state index in [4.69, 9.17) is 4.74 Å². The van der Waals surface area contributed by atoms with E-state index in [9.17, 15) is 19.2 Å². The summed E-state index contributed by atoms with van der Waals surface area (Å²) >= 11 is 0. The van der Waals surface area contributed by atoms with Gasteiger partial charge >= 0.3 is 5.97 Å². The molecule has 0 fully saturated rings. The minimum Gasteiger partial charge on any atom is -0.461 e. The van der Waals surface area contributed by atoms with Gasteiger partial charge in [0.05, 0.1) is 29.2 Å². The highest BCUT2D eigenvalue weighted by Gasteiger charge is 2.34. The topological polar surface area (TPSA) is 98.6 Å². The molecule has 0 aliphatic carbocycles. The van der Waals surface area contributed by atoms with Gasteiger partial charge in [-0.1, -0.05) is 30.3 Å². The lowest BCUT2D eigenvalue weighted by atomic mass is 10.1. The van der Waals surface area contributed by atoms with Crippen molar-refractivity contribution in [3.63, 3.8) is 0 Å². The minimum absolute atomic E-state index is 0.0919. The van der Waals surface area contributed by atoms with Crippen molar-refractivity contribution in [2.75, 3.05) is 13.2 Å². The van der Waals surface area contributed by atoms with Crippen molar-refractivity contribution in [1.29, 1.82) is 0 Å². The lowest BCUT2D eigenvalue weighted by Crippen LogP contribution is -2.31. The Morgan fingerprint density at radius 1 is 0.906 bits per heavy atom. The van der Waals surface area contributed by atoms with Crippen molar-refractivity contribution in [1.82, 2.24) is 14.7 Å². The number of benzene rings is 2. The molecule has 0 unspecified atom stereocenters. The summed E-state index contributed by atoms with van der Waals surface area (Å²) < 4.78 is 6.66. The summed E-state index contributed by atoms with van der Waals surface area (Å²) in [5, 5.41) is 5.10. The Balaban J connectivity index is 1.38. The fourth-order valence-electron chi connectivity index (χ4n) is 3.75. The first-order valence-electron chi connectivity index (χ1n) is 10.5. The Hall–Kier alpha value is -3.81. The molecule has 0 bridgehead atoms. The lowest BCUT2D eigenvalue weighted by Gasteiger charge is -2.14. The second-order valence-electron chi connectivity index (χ2n) is 7.89. The van der Waals surface area contributed by atoms with Crippen molar-refractivity contribution in [2.24, 2.45) is 0 Å². The second kappa shape index (κ2) is 8.74. The molecule has 0 atom stereocenters. The average molecular weight is 433 g/mol. The van der Waals surface area contributed by atoms with Crippen molar-refractivity contribution >= 4 is 28.6 Å². The average Bonchev–Trinajstić information content (AvgIpc) is 3.04. The van der Waals surface area contributed by atoms with E-state index in [2.05, 4.69) is 5.10 Å². The highest BCUT2D eigenvalue weighted by Crippen LogP contribution is 2.22. The number of nitrogens with zero attached hydrogens (tertiary/aromatic N) is 3. The van der Waals surface area contributed by atoms with Crippen LogP contribution < -0.4 is 5.56 Å². The number of esters is 1. The van der Waals surface area contributed by atoms with E-state index in [1.807, 2.05) is 13.8 Å². The van der Waals surface area contributed by atoms with Gasteiger partial charge in [0.2, 0.25) is 0 Å². The molecule has 164 valence electrons. The predicted octanol–water partition coefficient (Wildman–Crippen LogP) is 3.21. The number of aromatic nitrogens is 2. The van der Waals surface area contributed by atoms with E-state index < -0.39 is 5.97 Å². The zero-order chi connectivity index (χ0) is 22.8. The smallest absolute Gasteiger partial charge is 0.359 e. The van der Waals surface area contributed by atoms with Gasteiger partial charge < -0.3 is 4.74 Å². The first-order valence-corrected chi connectivity index (χ1v) is 10.5. The van der Waals surface area contributed by atoms with Gasteiger partial charge in [-0.2, -0.15) is 5.10 Å². The van der Waals surface area contributed by atoms with E-state index in [1.54, 1.807) is 48.5 Å². The van der Waals surface area contributed by atoms with Crippen molar-refractivity contribution < 1.29 is 19.1 Å². The first kappa shape index (κ1) is 21.4. The van der Waals surface area contributed by atoms with E-state index in [-0.39, 0.29) is 42.3 Å². The first-order chi connectivity index (χ1) is 15.4. The Morgan fingerprint density at radius 2 is 1.50 bits per heavy atom. The number of unbranched alkanes of at least 4 members (excludes halogenated alkanes) is 1. The molecule has 0 spiro atoms. The number of carbonyl (C=O) groups is 3. The van der Waals surface area contributed by atoms with Crippen LogP contribution in [0.5, 0.6) is 0 Å². The maximum atomic E-state index is 12.7. The summed E-state index contributed by atoms with van der Waals surface area (Å²) in [6, 6.07) is 13.4. The van der Waals surface area contributed by atoms with Gasteiger partial charge in [0.15, 0.2) is 5.69 Å². The van der Waals surface area contributed by atoms with Gasteiger partial charge in [-0.05, 0) is 44.9 Å². The van der Waals surface area contributed by atoms with Crippen LogP contribution in [0.3, 0.4) is 0 Å². The molecule has 8 heteroatoms. The molecule has 2 amide bonds. The van der Waals surface area contributed by atoms with Crippen LogP contribution in [0.15, 0.2) is 53.3 Å². The summed E-state index contributed by atoms with van der Waals surface area (Å²) in [6.45, 7) is 4.00. The predicted molar refractivity (Wildman–Crippen MR) is 118 cm³/mol. The van der Waals surface area contributed by atoms with Crippen LogP contribution in [0.4, 0.5) is 0 Å². The fourth-order valence-corrected chi connectivity index (χ4v) is 3.75. The zero-order valence-electron chi connectivity index (χ0n) is 17.9. The summed E-state index contributed by atoms with van der Waals surface area (Å²) in [4.78, 5) is 51.3. The Labute approximate surface area is 184 Å². The maximum absolute atomic E-state index is 12.7. The normalized spacial score (nSPS) is 13.2. The molecular weight excluding hydrogens is 410 g/mol. The number of rotatable bonds is 7. The maximum Gasteiger partial charge on any atom is 0.359 e. The lowest BCUT2D eigenvalue weighted by molar-refractivity contribution is 0.0478. The van der Waals surface area contributed by atoms with Crippen molar-refractivity contribution in [2.45, 2.75) is 32.7 Å². The fraction of sp³-hybridized carbons (Fsp3) is 0.292. The molecule has 1 aliphatic rings. The molecule has 4 rings (SSSR count). The van der Waals surface area contributed by atoms with Gasteiger partial charge in [-0.25, -0.2) is 9.48 Å². The van der Waals surface area contributed by atoms with Gasteiger partial charge in [0.1, 0.15) is 0 Å². The number of fused-ring (bicyclic) bond motifs is 2. The third-order valence-electron chi connectivity index (χ3n) is 5.40. The number of hydrogen-bond acceptors (Lipinski definition) is 6. The van der Waals surface area contributed by atoms with Crippen LogP contribution in [0.2, 0.25) is 0 Å². The summed E-state index contributed by atoms with van der Waals surface area (Å²) in [5.41, 5.74) is 0.673. The number of amides is 2. The largest absolute Gasteiger partial charge is 0.461 e. The van der Waals surface area contributed by atoms with E-state index in [1.165, 1.54) is 9.58 Å². The highest BCUT2D eigenvalue weighted by molar-refractivity contribution is 6.21. The summed E-state index contributed by atoms with van der Waals surface area (Å²) in [7, 11) is 0. The minimum atomic E-state index is -0.615. The molecule has 1 aliphatic heterocycles. The SMILES string of the molecule is CC(C)n1nc(C(=O)OCCCCN2C(=O)c3ccccc3C2=O)c2ccccc2c1=O. The number of carbonyl (C=O) groups excluding carboxylic acids is 3. The van der Waals surface area contributed by atoms with E-state index >= 15 is 0 Å². The Bertz CT molecular complexity index is 1240. The zero-order valence-corrected chi connectivity index (χ0v) is 17.9. The van der Waals surface area contributed by atoms with Crippen molar-refractivity contribution in [3.8, 4) is 0 Å². The third kappa shape index (κ3) is 3.79. The Kier molecular flexibility index (Phi) is 5.85. The van der Waals surface area contributed by atoms with Crippen LogP contribution in [0, 0.1) is 0 Å². The summed E-state index contributed by atoms with van der Waals surface area (Å²) in [5.74, 6) is -1.21. The van der Waals surface area contributed by atoms with Gasteiger partial charge in [-0.15, -0.1) is 0 Å². The summed E-state index contributed by atoms with van der Waals surface area (Å²) in [6.07, 6.45) is 0.972. The second-order valence-corrected chi connectivity index (χ2v) is 7.89. The van der Waals surface area contributed by atoms with E-state index in [0.29, 0.717) is 34.7 Å². The van der Waals surface area contributed by atoms with Crippen LogP contribution in [-0.2, 0) is 4.74 Å². The molecule has 3 aromatic rings. The van der Waals surface area contributed by atoms with Crippen LogP contribution in [0.25, 0.3) is 10.8 Å². The molecule has 2 heterocycles. The monoisotopic (exact) mass is 433 g/mol. The molecule has 0 N–H and O–H groups in total. The van der Waals surface area contributed by atoms with Gasteiger partial charge in [-0.3, -0.25) is 19.3 Å². The van der Waals surface area contributed by atoms with Crippen molar-refractivity contribution in [3.05, 3.63) is 75.7 Å². The van der Waals surface area contributed by atoms with Gasteiger partial charge in [0, 0.05) is 11.9 Å². The van der Waals surface area contributed by atoms with Crippen LogP contribution in [0.1, 0.15) is 63.9 Å². The third-order valence-corrected chi connectivity index (χ3v) is 5.40. The highest BCUT2D eigenvalue weighted by atomic mass is 16.5. The number of ether oxygens (including phenoxy) is 1. The Morgan fingerprint density at radius 3 is 2.12 bits per heavy atom. The standard InChI is InChI=1S/C24H23N3O5/c1-15(2)27-23(30)17-10-4-3-9-16(17)20(25-27)24(31)32-14-8-7-13-26-21(28)18-11-5-6-12-19(18)22(26)29/h3-6,9-12,15H,7-8,13-14H2,1-2H3. The quantitative estimate of drug-likeness (QED) is 0.322. The van der Waals surface area contributed by atoms with Crippen LogP contribution in [-0.4, -0.2) is 45.6 Å². The molecule has 0 radical (unpaired) electrons. The molecule has 32 heavy (non-hydrogen) atoms. The van der Waals surface area contributed by atoms with E-state index in [0.717, 1.165) is 0 Å². The molecule has 2 aromatic carbocycles. The number of hydrogen-bond donors (Lipinski definition) is 0. The number of imide groups is 1. The van der Waals surface area contributed by atoms with Crippen LogP contribution >= 0.6 is 0 Å². The molecule has 1 aromatic heterocycles. The molecule has 0 saturated heterocycles. The molecule has 0 saturated carbocycles.